The van der Waals surface area contributed by atoms with Crippen LogP contribution >= 0.6 is 23.2 Å². The van der Waals surface area contributed by atoms with Crippen molar-refractivity contribution in [2.75, 3.05) is 63.8 Å². The van der Waals surface area contributed by atoms with Gasteiger partial charge in [-0.05, 0) is 80.5 Å². The minimum absolute atomic E-state index is 0.0437. The highest BCUT2D eigenvalue weighted by Gasteiger charge is 2.37. The molecule has 2 atom stereocenters. The lowest BCUT2D eigenvalue weighted by molar-refractivity contribution is -0.138. The molecule has 2 fully saturated rings. The fourth-order valence-electron chi connectivity index (χ4n) is 7.31. The van der Waals surface area contributed by atoms with Gasteiger partial charge in [0.25, 0.3) is 10.0 Å². The first-order chi connectivity index (χ1) is 22.7. The Hall–Kier alpha value is -2.66. The normalized spacial score (nSPS) is 20.6. The third kappa shape index (κ3) is 7.98. The summed E-state index contributed by atoms with van der Waals surface area (Å²) >= 11 is 12.3. The van der Waals surface area contributed by atoms with Crippen LogP contribution in [0.1, 0.15) is 30.4 Å². The average Bonchev–Trinajstić information content (AvgIpc) is 3.09. The highest BCUT2D eigenvalue weighted by Crippen LogP contribution is 2.37. The molecule has 0 radical (unpaired) electrons. The molecule has 0 bridgehead atoms. The molecule has 3 aromatic rings. The number of carbonyl (C=O) groups is 1. The van der Waals surface area contributed by atoms with Crippen molar-refractivity contribution in [3.63, 3.8) is 0 Å². The predicted octanol–water partition coefficient (Wildman–Crippen LogP) is 5.62. The Morgan fingerprint density at radius 1 is 0.872 bits per heavy atom. The Bertz CT molecular complexity index is 1630. The molecule has 0 aliphatic carbocycles. The molecule has 0 N–H and O–H groups in total. The molecule has 1 amide bonds. The second-order valence-corrected chi connectivity index (χ2v) is 15.7. The molecule has 6 rings (SSSR count). The summed E-state index contributed by atoms with van der Waals surface area (Å²) in [5, 5.41) is 0.466. The number of likely N-dealkylation sites (N-methyl/N-ethyl adjacent to an activating group) is 1. The summed E-state index contributed by atoms with van der Waals surface area (Å²) in [6.45, 7) is 5.77. The first-order valence-corrected chi connectivity index (χ1v) is 18.8. The predicted molar refractivity (Wildman–Crippen MR) is 188 cm³/mol. The van der Waals surface area contributed by atoms with E-state index >= 15 is 0 Å². The van der Waals surface area contributed by atoms with Gasteiger partial charge in [-0.1, -0.05) is 71.7 Å². The molecule has 11 heteroatoms. The van der Waals surface area contributed by atoms with Crippen LogP contribution in [0.25, 0.3) is 0 Å². The van der Waals surface area contributed by atoms with E-state index < -0.39 is 16.1 Å². The number of hydrogen-bond acceptors (Lipinski definition) is 6. The summed E-state index contributed by atoms with van der Waals surface area (Å²) in [7, 11) is -1.79. The number of halogens is 2. The molecule has 252 valence electrons. The molecule has 0 aromatic heterocycles. The molecule has 3 aliphatic heterocycles. The van der Waals surface area contributed by atoms with Crippen LogP contribution in [0.15, 0.2) is 77.7 Å². The summed E-state index contributed by atoms with van der Waals surface area (Å²) in [6.07, 6.45) is 4.25. The van der Waals surface area contributed by atoms with Crippen molar-refractivity contribution < 1.29 is 17.9 Å². The van der Waals surface area contributed by atoms with Crippen molar-refractivity contribution in [3.8, 4) is 0 Å². The van der Waals surface area contributed by atoms with E-state index in [2.05, 4.69) is 47.2 Å². The number of carbonyl (C=O) groups excluding carboxylic acids is 1. The number of amides is 1. The van der Waals surface area contributed by atoms with Crippen LogP contribution in [0.2, 0.25) is 10.0 Å². The first-order valence-electron chi connectivity index (χ1n) is 16.6. The van der Waals surface area contributed by atoms with E-state index in [0.717, 1.165) is 57.4 Å². The van der Waals surface area contributed by atoms with Gasteiger partial charge in [0.1, 0.15) is 6.61 Å². The number of fused-ring (bicyclic) bond motifs is 1. The van der Waals surface area contributed by atoms with Gasteiger partial charge in [-0.15, -0.1) is 0 Å². The molecule has 3 heterocycles. The van der Waals surface area contributed by atoms with Gasteiger partial charge in [-0.3, -0.25) is 14.0 Å². The zero-order chi connectivity index (χ0) is 33.0. The molecule has 3 aromatic carbocycles. The van der Waals surface area contributed by atoms with Crippen LogP contribution in [-0.4, -0.2) is 101 Å². The van der Waals surface area contributed by atoms with Crippen LogP contribution in [0.3, 0.4) is 0 Å². The molecular weight excluding hydrogens is 655 g/mol. The van der Waals surface area contributed by atoms with E-state index in [1.54, 1.807) is 0 Å². The largest absolute Gasteiger partial charge is 0.369 e. The first kappa shape index (κ1) is 34.2. The van der Waals surface area contributed by atoms with Crippen LogP contribution in [0, 0.1) is 5.92 Å². The van der Waals surface area contributed by atoms with E-state index in [-0.39, 0.29) is 34.1 Å². The zero-order valence-corrected chi connectivity index (χ0v) is 29.3. The molecular formula is C36H44Cl2N4O4S. The van der Waals surface area contributed by atoms with Crippen molar-refractivity contribution in [2.45, 2.75) is 49.1 Å². The van der Waals surface area contributed by atoms with E-state index in [4.69, 9.17) is 27.9 Å². The molecule has 3 aliphatic rings. The van der Waals surface area contributed by atoms with Crippen molar-refractivity contribution >= 4 is 44.8 Å². The number of hydrogen-bond donors (Lipinski definition) is 0. The Balaban J connectivity index is 1.07. The number of likely N-dealkylation sites (tertiary alicyclic amines) is 1. The number of benzene rings is 3. The van der Waals surface area contributed by atoms with Crippen LogP contribution in [-0.2, 0) is 32.4 Å². The number of piperazine rings is 1. The van der Waals surface area contributed by atoms with Gasteiger partial charge in [0.05, 0.1) is 33.3 Å². The Morgan fingerprint density at radius 2 is 1.57 bits per heavy atom. The molecule has 2 saturated heterocycles. The van der Waals surface area contributed by atoms with Crippen LogP contribution in [0.5, 0.6) is 0 Å². The highest BCUT2D eigenvalue weighted by molar-refractivity contribution is 7.92. The number of rotatable bonds is 10. The third-order valence-electron chi connectivity index (χ3n) is 10.0. The van der Waals surface area contributed by atoms with Crippen molar-refractivity contribution in [3.05, 3.63) is 94.0 Å². The average molecular weight is 700 g/mol. The van der Waals surface area contributed by atoms with Crippen LogP contribution < -0.4 is 4.31 Å². The number of piperidine rings is 1. The van der Waals surface area contributed by atoms with Gasteiger partial charge in [0, 0.05) is 45.3 Å². The van der Waals surface area contributed by atoms with E-state index in [1.165, 1.54) is 28.1 Å². The van der Waals surface area contributed by atoms with Gasteiger partial charge in [0.2, 0.25) is 5.91 Å². The number of aryl methyl sites for hydroxylation is 1. The summed E-state index contributed by atoms with van der Waals surface area (Å²) < 4.78 is 35.4. The second kappa shape index (κ2) is 15.3. The number of anilines is 1. The zero-order valence-electron chi connectivity index (χ0n) is 26.9. The maximum Gasteiger partial charge on any atom is 0.264 e. The van der Waals surface area contributed by atoms with Crippen LogP contribution in [0.4, 0.5) is 5.69 Å². The Kier molecular flexibility index (Phi) is 11.1. The maximum absolute atomic E-state index is 14.0. The standard InChI is InChI=1S/C36H44Cl2N4O4S/c1-39-19-21-40(22-20-39)35(23-27-7-3-2-4-8-27)29-15-17-41(18-16-29)36(43)26-46-25-30-12-11-28-9-5-6-10-34(28)42(30)47(44,45)31-13-14-32(37)33(38)24-31/h2-10,13-14,24,29-30,35H,11-12,15-23,25-26H2,1H3. The summed E-state index contributed by atoms with van der Waals surface area (Å²) in [5.74, 6) is 0.476. The number of nitrogens with zero attached hydrogens (tertiary/aromatic N) is 4. The van der Waals surface area contributed by atoms with Gasteiger partial charge < -0.3 is 14.5 Å². The van der Waals surface area contributed by atoms with Gasteiger partial charge >= 0.3 is 0 Å². The monoisotopic (exact) mass is 698 g/mol. The van der Waals surface area contributed by atoms with Gasteiger partial charge in [-0.2, -0.15) is 0 Å². The van der Waals surface area contributed by atoms with Crippen molar-refractivity contribution in [1.82, 2.24) is 14.7 Å². The topological polar surface area (TPSA) is 73.4 Å². The quantitative estimate of drug-likeness (QED) is 0.274. The lowest BCUT2D eigenvalue weighted by Gasteiger charge is -2.44. The van der Waals surface area contributed by atoms with E-state index in [0.29, 0.717) is 37.2 Å². The molecule has 8 nitrogen and oxygen atoms in total. The van der Waals surface area contributed by atoms with E-state index in [1.807, 2.05) is 29.2 Å². The van der Waals surface area contributed by atoms with Crippen molar-refractivity contribution in [1.29, 1.82) is 0 Å². The number of ether oxygens (including phenoxy) is 1. The maximum atomic E-state index is 14.0. The van der Waals surface area contributed by atoms with Gasteiger partial charge in [0.15, 0.2) is 0 Å². The SMILES string of the molecule is CN1CCN(C(Cc2ccccc2)C2CCN(C(=O)COCC3CCc4ccccc4N3S(=O)(=O)c3ccc(Cl)c(Cl)c3)CC2)CC1. The molecule has 47 heavy (non-hydrogen) atoms. The Morgan fingerprint density at radius 3 is 2.30 bits per heavy atom. The number of sulfonamides is 1. The third-order valence-corrected chi connectivity index (χ3v) is 12.6. The fourth-order valence-corrected chi connectivity index (χ4v) is 9.40. The molecule has 0 saturated carbocycles. The second-order valence-electron chi connectivity index (χ2n) is 13.0. The highest BCUT2D eigenvalue weighted by atomic mass is 35.5. The minimum Gasteiger partial charge on any atom is -0.369 e. The number of para-hydroxylation sites is 1. The summed E-state index contributed by atoms with van der Waals surface area (Å²) in [6, 6.07) is 22.6. The Labute approximate surface area is 289 Å². The van der Waals surface area contributed by atoms with Gasteiger partial charge in [-0.25, -0.2) is 8.42 Å². The molecule has 0 spiro atoms. The molecule has 2 unspecified atom stereocenters. The minimum atomic E-state index is -3.98. The lowest BCUT2D eigenvalue weighted by Crippen LogP contribution is -2.54. The lowest BCUT2D eigenvalue weighted by atomic mass is 9.84. The summed E-state index contributed by atoms with van der Waals surface area (Å²) in [5.41, 5.74) is 2.94. The smallest absolute Gasteiger partial charge is 0.264 e. The fraction of sp³-hybridized carbons (Fsp3) is 0.472. The van der Waals surface area contributed by atoms with Crippen molar-refractivity contribution in [2.24, 2.45) is 5.92 Å². The van der Waals surface area contributed by atoms with E-state index in [9.17, 15) is 13.2 Å². The summed E-state index contributed by atoms with van der Waals surface area (Å²) in [4.78, 5) is 20.4.